The van der Waals surface area contributed by atoms with Gasteiger partial charge in [-0.1, -0.05) is 71.9 Å². The monoisotopic (exact) mass is 473 g/mol. The smallest absolute Gasteiger partial charge is 0.340 e. The molecule has 33 heavy (non-hydrogen) atoms. The predicted octanol–water partition coefficient (Wildman–Crippen LogP) is 4.10. The molecule has 0 radical (unpaired) electrons. The summed E-state index contributed by atoms with van der Waals surface area (Å²) in [6, 6.07) is 9.98. The van der Waals surface area contributed by atoms with Gasteiger partial charge in [-0.05, 0) is 46.1 Å². The summed E-state index contributed by atoms with van der Waals surface area (Å²) < 4.78 is 28.2. The van der Waals surface area contributed by atoms with Crippen LogP contribution in [0.25, 0.3) is 0 Å². The molecule has 1 unspecified atom stereocenters. The highest BCUT2D eigenvalue weighted by molar-refractivity contribution is 7.93. The molecule has 0 amide bonds. The number of amidine groups is 1. The number of sulfone groups is 1. The SMILES string of the molecule is CC(C)c1cc(C(C)C)c(S(=O)(=O)C(N)(Cc2cccc(C(=N)N)c2)C(=O)O)c(C(C)C)c1. The molecular weight excluding hydrogens is 438 g/mol. The van der Waals surface area contributed by atoms with Crippen molar-refractivity contribution in [3.63, 3.8) is 0 Å². The highest BCUT2D eigenvalue weighted by Crippen LogP contribution is 2.39. The Morgan fingerprint density at radius 2 is 1.52 bits per heavy atom. The molecule has 0 aliphatic rings. The Morgan fingerprint density at radius 1 is 1.00 bits per heavy atom. The summed E-state index contributed by atoms with van der Waals surface area (Å²) in [7, 11) is -4.53. The molecule has 2 rings (SSSR count). The zero-order valence-corrected chi connectivity index (χ0v) is 21.0. The molecule has 0 heterocycles. The van der Waals surface area contributed by atoms with Crippen LogP contribution in [0.4, 0.5) is 0 Å². The van der Waals surface area contributed by atoms with E-state index in [1.54, 1.807) is 18.2 Å². The first-order valence-corrected chi connectivity index (χ1v) is 12.5. The van der Waals surface area contributed by atoms with E-state index in [1.807, 2.05) is 53.7 Å². The Morgan fingerprint density at radius 3 is 1.91 bits per heavy atom. The van der Waals surface area contributed by atoms with E-state index >= 15 is 0 Å². The van der Waals surface area contributed by atoms with Gasteiger partial charge in [-0.25, -0.2) is 13.2 Å². The number of hydrogen-bond acceptors (Lipinski definition) is 5. The fraction of sp³-hybridized carbons (Fsp3) is 0.440. The number of carbonyl (C=O) groups is 1. The molecule has 6 N–H and O–H groups in total. The van der Waals surface area contributed by atoms with E-state index in [4.69, 9.17) is 16.9 Å². The van der Waals surface area contributed by atoms with Crippen molar-refractivity contribution >= 4 is 21.6 Å². The topological polar surface area (TPSA) is 147 Å². The van der Waals surface area contributed by atoms with Crippen LogP contribution < -0.4 is 11.5 Å². The Labute approximate surface area is 196 Å². The van der Waals surface area contributed by atoms with Gasteiger partial charge in [-0.2, -0.15) is 0 Å². The van der Waals surface area contributed by atoms with Gasteiger partial charge in [-0.15, -0.1) is 0 Å². The van der Waals surface area contributed by atoms with E-state index in [9.17, 15) is 18.3 Å². The minimum absolute atomic E-state index is 0.00419. The predicted molar refractivity (Wildman–Crippen MR) is 132 cm³/mol. The van der Waals surface area contributed by atoms with E-state index in [0.717, 1.165) is 5.56 Å². The van der Waals surface area contributed by atoms with Crippen LogP contribution in [-0.2, 0) is 21.1 Å². The average molecular weight is 474 g/mol. The number of aliphatic carboxylic acids is 1. The molecule has 0 aliphatic heterocycles. The van der Waals surface area contributed by atoms with Crippen molar-refractivity contribution < 1.29 is 18.3 Å². The number of carboxylic acid groups (broad SMARTS) is 1. The lowest BCUT2D eigenvalue weighted by Crippen LogP contribution is -2.56. The van der Waals surface area contributed by atoms with E-state index in [-0.39, 0.29) is 28.5 Å². The van der Waals surface area contributed by atoms with E-state index in [0.29, 0.717) is 22.3 Å². The number of nitrogens with two attached hydrogens (primary N) is 2. The molecule has 0 aromatic heterocycles. The normalized spacial score (nSPS) is 14.0. The molecular formula is C25H35N3O4S. The molecule has 2 aromatic carbocycles. The van der Waals surface area contributed by atoms with Crippen molar-refractivity contribution in [2.75, 3.05) is 0 Å². The van der Waals surface area contributed by atoms with Crippen LogP contribution in [-0.4, -0.2) is 30.2 Å². The largest absolute Gasteiger partial charge is 0.479 e. The van der Waals surface area contributed by atoms with Crippen molar-refractivity contribution in [2.24, 2.45) is 11.5 Å². The summed E-state index contributed by atoms with van der Waals surface area (Å²) in [5.41, 5.74) is 14.7. The first-order valence-electron chi connectivity index (χ1n) is 11.0. The molecule has 0 aliphatic carbocycles. The lowest BCUT2D eigenvalue weighted by Gasteiger charge is -2.30. The summed E-state index contributed by atoms with van der Waals surface area (Å²) in [6.45, 7) is 11.6. The molecule has 0 saturated heterocycles. The third-order valence-electron chi connectivity index (χ3n) is 5.89. The van der Waals surface area contributed by atoms with Crippen LogP contribution in [0.3, 0.4) is 0 Å². The van der Waals surface area contributed by atoms with Crippen LogP contribution in [0.1, 0.15) is 87.1 Å². The minimum atomic E-state index is -4.53. The molecule has 1 atom stereocenters. The average Bonchev–Trinajstić information content (AvgIpc) is 2.72. The third kappa shape index (κ3) is 5.12. The number of carboxylic acids is 1. The van der Waals surface area contributed by atoms with Crippen molar-refractivity contribution in [1.29, 1.82) is 5.41 Å². The molecule has 0 fully saturated rings. The van der Waals surface area contributed by atoms with Crippen LogP contribution in [0, 0.1) is 5.41 Å². The van der Waals surface area contributed by atoms with Gasteiger partial charge >= 0.3 is 5.97 Å². The van der Waals surface area contributed by atoms with Gasteiger partial charge in [0.05, 0.1) is 4.90 Å². The van der Waals surface area contributed by atoms with E-state index < -0.39 is 27.1 Å². The molecule has 0 saturated carbocycles. The molecule has 0 bridgehead atoms. The third-order valence-corrected chi connectivity index (χ3v) is 8.18. The Hall–Kier alpha value is -2.71. The zero-order chi connectivity index (χ0) is 25.3. The fourth-order valence-electron chi connectivity index (χ4n) is 3.82. The summed E-state index contributed by atoms with van der Waals surface area (Å²) in [5, 5.41) is 17.7. The van der Waals surface area contributed by atoms with Crippen molar-refractivity contribution in [3.05, 3.63) is 64.2 Å². The van der Waals surface area contributed by atoms with Crippen LogP contribution in [0.5, 0.6) is 0 Å². The lowest BCUT2D eigenvalue weighted by atomic mass is 9.89. The Bertz CT molecular complexity index is 1140. The van der Waals surface area contributed by atoms with Gasteiger partial charge in [0, 0.05) is 12.0 Å². The Balaban J connectivity index is 2.84. The van der Waals surface area contributed by atoms with Crippen molar-refractivity contribution in [1.82, 2.24) is 0 Å². The van der Waals surface area contributed by atoms with E-state index in [1.165, 1.54) is 6.07 Å². The van der Waals surface area contributed by atoms with Crippen molar-refractivity contribution in [3.8, 4) is 0 Å². The van der Waals surface area contributed by atoms with Gasteiger partial charge < -0.3 is 16.6 Å². The van der Waals surface area contributed by atoms with Gasteiger partial charge in [0.15, 0.2) is 0 Å². The second-order valence-electron chi connectivity index (χ2n) is 9.48. The number of nitrogen functional groups attached to an aromatic ring is 1. The first kappa shape index (κ1) is 26.5. The fourth-order valence-corrected chi connectivity index (χ4v) is 5.98. The zero-order valence-electron chi connectivity index (χ0n) is 20.1. The molecule has 8 heteroatoms. The highest BCUT2D eigenvalue weighted by atomic mass is 32.2. The maximum atomic E-state index is 14.1. The van der Waals surface area contributed by atoms with Gasteiger partial charge in [0.2, 0.25) is 14.7 Å². The molecule has 7 nitrogen and oxygen atoms in total. The quantitative estimate of drug-likeness (QED) is 0.318. The van der Waals surface area contributed by atoms with Crippen LogP contribution in [0.15, 0.2) is 41.3 Å². The van der Waals surface area contributed by atoms with E-state index in [2.05, 4.69) is 0 Å². The lowest BCUT2D eigenvalue weighted by molar-refractivity contribution is -0.140. The number of rotatable bonds is 9. The Kier molecular flexibility index (Phi) is 7.76. The number of nitrogens with one attached hydrogen (secondary N) is 1. The number of benzene rings is 2. The number of hydrogen-bond donors (Lipinski definition) is 4. The maximum absolute atomic E-state index is 14.1. The molecule has 180 valence electrons. The second-order valence-corrected chi connectivity index (χ2v) is 11.6. The summed E-state index contributed by atoms with van der Waals surface area (Å²) in [6.07, 6.45) is -0.465. The summed E-state index contributed by atoms with van der Waals surface area (Å²) in [5.74, 6) is -1.98. The van der Waals surface area contributed by atoms with Gasteiger partial charge in [0.25, 0.3) is 0 Å². The standard InChI is InChI=1S/C25H35N3O4S/c1-14(2)19-11-20(15(3)4)22(21(12-19)16(5)6)33(31,32)25(28,24(29)30)13-17-8-7-9-18(10-17)23(26)27/h7-12,14-16H,13,28H2,1-6H3,(H3,26,27)(H,29,30). The highest BCUT2D eigenvalue weighted by Gasteiger charge is 2.50. The second kappa shape index (κ2) is 9.65. The van der Waals surface area contributed by atoms with Crippen molar-refractivity contribution in [2.45, 2.75) is 75.5 Å². The van der Waals surface area contributed by atoms with Crippen LogP contribution in [0.2, 0.25) is 0 Å². The van der Waals surface area contributed by atoms with Crippen LogP contribution >= 0.6 is 0 Å². The molecule has 2 aromatic rings. The minimum Gasteiger partial charge on any atom is -0.479 e. The summed E-state index contributed by atoms with van der Waals surface area (Å²) >= 11 is 0. The summed E-state index contributed by atoms with van der Waals surface area (Å²) in [4.78, 5) is 9.83. The molecule has 0 spiro atoms. The first-order chi connectivity index (χ1) is 15.1. The maximum Gasteiger partial charge on any atom is 0.340 e. The van der Waals surface area contributed by atoms with Gasteiger partial charge in [0.1, 0.15) is 5.84 Å². The van der Waals surface area contributed by atoms with Gasteiger partial charge in [-0.3, -0.25) is 5.41 Å².